The molecule has 0 spiro atoms. The predicted molar refractivity (Wildman–Crippen MR) is 125 cm³/mol. The van der Waals surface area contributed by atoms with E-state index in [0.717, 1.165) is 23.1 Å². The Morgan fingerprint density at radius 2 is 1.78 bits per heavy atom. The largest absolute Gasteiger partial charge is 0.341 e. The molecule has 1 aliphatic rings. The van der Waals surface area contributed by atoms with Gasteiger partial charge in [0.15, 0.2) is 0 Å². The molecule has 32 heavy (non-hydrogen) atoms. The molecule has 0 radical (unpaired) electrons. The highest BCUT2D eigenvalue weighted by Gasteiger charge is 2.33. The standard InChI is InChI=1S/C26H30N4O2/c1-3-14-29-16-17-30(26(32)24-13-15-28(2)27-24)19-22(25(29)31)18-21-11-7-8-12-23(21)20-9-5-4-6-10-20/h4-13,15,22H,3,14,16-19H2,1-2H3/t22-/m1/s1. The van der Waals surface area contributed by atoms with E-state index in [1.165, 1.54) is 0 Å². The first-order chi connectivity index (χ1) is 15.6. The third-order valence-electron chi connectivity index (χ3n) is 6.02. The van der Waals surface area contributed by atoms with Gasteiger partial charge in [0.05, 0.1) is 5.92 Å². The Bertz CT molecular complexity index is 1080. The molecule has 0 N–H and O–H groups in total. The van der Waals surface area contributed by atoms with E-state index in [0.29, 0.717) is 38.3 Å². The van der Waals surface area contributed by atoms with E-state index in [2.05, 4.69) is 36.3 Å². The van der Waals surface area contributed by atoms with Crippen molar-refractivity contribution in [1.82, 2.24) is 19.6 Å². The van der Waals surface area contributed by atoms with Gasteiger partial charge in [-0.1, -0.05) is 61.5 Å². The average Bonchev–Trinajstić information content (AvgIpc) is 3.20. The number of carbonyl (C=O) groups is 2. The molecular formula is C26H30N4O2. The van der Waals surface area contributed by atoms with Gasteiger partial charge in [-0.3, -0.25) is 14.3 Å². The van der Waals surface area contributed by atoms with E-state index in [-0.39, 0.29) is 17.7 Å². The second kappa shape index (κ2) is 9.81. The van der Waals surface area contributed by atoms with E-state index in [9.17, 15) is 9.59 Å². The van der Waals surface area contributed by atoms with Crippen molar-refractivity contribution in [1.29, 1.82) is 0 Å². The fourth-order valence-electron chi connectivity index (χ4n) is 4.43. The van der Waals surface area contributed by atoms with Crippen molar-refractivity contribution in [2.75, 3.05) is 26.2 Å². The summed E-state index contributed by atoms with van der Waals surface area (Å²) < 4.78 is 1.63. The molecule has 3 aromatic rings. The number of carbonyl (C=O) groups excluding carboxylic acids is 2. The summed E-state index contributed by atoms with van der Waals surface area (Å²) in [6, 6.07) is 20.2. The van der Waals surface area contributed by atoms with Gasteiger partial charge in [-0.25, -0.2) is 0 Å². The number of nitrogens with zero attached hydrogens (tertiary/aromatic N) is 4. The molecule has 1 atom stereocenters. The molecule has 0 saturated carbocycles. The zero-order valence-electron chi connectivity index (χ0n) is 18.8. The lowest BCUT2D eigenvalue weighted by molar-refractivity contribution is -0.134. The van der Waals surface area contributed by atoms with Gasteiger partial charge in [-0.05, 0) is 35.6 Å². The summed E-state index contributed by atoms with van der Waals surface area (Å²) in [7, 11) is 1.80. The monoisotopic (exact) mass is 430 g/mol. The number of aryl methyl sites for hydroxylation is 1. The second-order valence-electron chi connectivity index (χ2n) is 8.38. The minimum atomic E-state index is -0.290. The minimum absolute atomic E-state index is 0.113. The first-order valence-corrected chi connectivity index (χ1v) is 11.3. The van der Waals surface area contributed by atoms with Gasteiger partial charge in [-0.2, -0.15) is 5.10 Å². The molecule has 1 aliphatic heterocycles. The van der Waals surface area contributed by atoms with Crippen LogP contribution in [0.4, 0.5) is 0 Å². The minimum Gasteiger partial charge on any atom is -0.341 e. The number of benzene rings is 2. The number of rotatable bonds is 6. The van der Waals surface area contributed by atoms with Crippen molar-refractivity contribution in [3.05, 3.63) is 78.1 Å². The number of hydrogen-bond acceptors (Lipinski definition) is 3. The topological polar surface area (TPSA) is 58.4 Å². The van der Waals surface area contributed by atoms with Crippen molar-refractivity contribution >= 4 is 11.8 Å². The fourth-order valence-corrected chi connectivity index (χ4v) is 4.43. The van der Waals surface area contributed by atoms with Crippen LogP contribution in [0.2, 0.25) is 0 Å². The van der Waals surface area contributed by atoms with Crippen LogP contribution in [0.3, 0.4) is 0 Å². The van der Waals surface area contributed by atoms with Crippen LogP contribution in [-0.2, 0) is 18.3 Å². The van der Waals surface area contributed by atoms with E-state index < -0.39 is 0 Å². The summed E-state index contributed by atoms with van der Waals surface area (Å²) in [5.41, 5.74) is 3.82. The summed E-state index contributed by atoms with van der Waals surface area (Å²) in [5, 5.41) is 4.28. The highest BCUT2D eigenvalue weighted by Crippen LogP contribution is 2.27. The highest BCUT2D eigenvalue weighted by atomic mass is 16.2. The molecule has 1 aromatic heterocycles. The van der Waals surface area contributed by atoms with Crippen molar-refractivity contribution in [2.24, 2.45) is 13.0 Å². The molecule has 6 nitrogen and oxygen atoms in total. The van der Waals surface area contributed by atoms with E-state index in [1.54, 1.807) is 28.9 Å². The van der Waals surface area contributed by atoms with Crippen LogP contribution in [0.25, 0.3) is 11.1 Å². The Labute approximate surface area is 189 Å². The maximum absolute atomic E-state index is 13.5. The van der Waals surface area contributed by atoms with Gasteiger partial charge in [0.25, 0.3) is 5.91 Å². The fraction of sp³-hybridized carbons (Fsp3) is 0.346. The van der Waals surface area contributed by atoms with Crippen molar-refractivity contribution < 1.29 is 9.59 Å². The van der Waals surface area contributed by atoms with Crippen LogP contribution >= 0.6 is 0 Å². The highest BCUT2D eigenvalue weighted by molar-refractivity contribution is 5.93. The van der Waals surface area contributed by atoms with Gasteiger partial charge < -0.3 is 9.80 Å². The first-order valence-electron chi connectivity index (χ1n) is 11.3. The molecule has 0 aliphatic carbocycles. The quantitative estimate of drug-likeness (QED) is 0.600. The third-order valence-corrected chi connectivity index (χ3v) is 6.02. The Balaban J connectivity index is 1.63. The molecule has 1 saturated heterocycles. The van der Waals surface area contributed by atoms with E-state index >= 15 is 0 Å². The SMILES string of the molecule is CCCN1CCN(C(=O)c2ccn(C)n2)C[C@@H](Cc2ccccc2-c2ccccc2)C1=O. The predicted octanol–water partition coefficient (Wildman–Crippen LogP) is 3.64. The molecule has 166 valence electrons. The van der Waals surface area contributed by atoms with Gasteiger partial charge in [-0.15, -0.1) is 0 Å². The maximum atomic E-state index is 13.5. The smallest absolute Gasteiger partial charge is 0.274 e. The normalized spacial score (nSPS) is 16.8. The van der Waals surface area contributed by atoms with Crippen LogP contribution in [0, 0.1) is 5.92 Å². The zero-order chi connectivity index (χ0) is 22.5. The number of amides is 2. The third kappa shape index (κ3) is 4.74. The van der Waals surface area contributed by atoms with Crippen LogP contribution in [0.5, 0.6) is 0 Å². The zero-order valence-corrected chi connectivity index (χ0v) is 18.8. The van der Waals surface area contributed by atoms with E-state index in [4.69, 9.17) is 0 Å². The van der Waals surface area contributed by atoms with Crippen LogP contribution in [0.1, 0.15) is 29.4 Å². The van der Waals surface area contributed by atoms with Crippen LogP contribution in [-0.4, -0.2) is 57.6 Å². The molecule has 2 heterocycles. The number of aromatic nitrogens is 2. The lowest BCUT2D eigenvalue weighted by atomic mass is 9.91. The molecule has 6 heteroatoms. The van der Waals surface area contributed by atoms with Gasteiger partial charge in [0.1, 0.15) is 5.69 Å². The summed E-state index contributed by atoms with van der Waals surface area (Å²) >= 11 is 0. The molecule has 0 bridgehead atoms. The molecule has 2 amide bonds. The first kappa shape index (κ1) is 21.8. The Morgan fingerprint density at radius 1 is 1.03 bits per heavy atom. The Hall–Kier alpha value is -3.41. The van der Waals surface area contributed by atoms with Crippen molar-refractivity contribution in [3.63, 3.8) is 0 Å². The van der Waals surface area contributed by atoms with Gasteiger partial charge in [0.2, 0.25) is 5.91 Å². The second-order valence-corrected chi connectivity index (χ2v) is 8.38. The summed E-state index contributed by atoms with van der Waals surface area (Å²) in [5.74, 6) is -0.272. The Morgan fingerprint density at radius 3 is 2.50 bits per heavy atom. The van der Waals surface area contributed by atoms with Gasteiger partial charge in [0, 0.05) is 39.4 Å². The molecule has 4 rings (SSSR count). The average molecular weight is 431 g/mol. The van der Waals surface area contributed by atoms with E-state index in [1.807, 2.05) is 35.2 Å². The Kier molecular flexibility index (Phi) is 6.69. The molecule has 0 unspecified atom stereocenters. The number of hydrogen-bond donors (Lipinski definition) is 0. The maximum Gasteiger partial charge on any atom is 0.274 e. The van der Waals surface area contributed by atoms with Gasteiger partial charge >= 0.3 is 0 Å². The molecular weight excluding hydrogens is 400 g/mol. The summed E-state index contributed by atoms with van der Waals surface area (Å²) in [6.07, 6.45) is 3.26. The molecule has 1 fully saturated rings. The molecule has 2 aromatic carbocycles. The summed E-state index contributed by atoms with van der Waals surface area (Å²) in [6.45, 7) is 4.27. The van der Waals surface area contributed by atoms with Crippen LogP contribution < -0.4 is 0 Å². The van der Waals surface area contributed by atoms with Crippen LogP contribution in [0.15, 0.2) is 66.9 Å². The van der Waals surface area contributed by atoms with Crippen molar-refractivity contribution in [2.45, 2.75) is 19.8 Å². The lowest BCUT2D eigenvalue weighted by Crippen LogP contribution is -2.38. The summed E-state index contributed by atoms with van der Waals surface area (Å²) in [4.78, 5) is 30.3. The van der Waals surface area contributed by atoms with Crippen molar-refractivity contribution in [3.8, 4) is 11.1 Å². The lowest BCUT2D eigenvalue weighted by Gasteiger charge is -2.24.